The number of ether oxygens (including phenoxy) is 1. The third-order valence-corrected chi connectivity index (χ3v) is 4.02. The fraction of sp³-hybridized carbons (Fsp3) is 0.647. The lowest BCUT2D eigenvalue weighted by Gasteiger charge is -2.29. The molecule has 1 fully saturated rings. The summed E-state index contributed by atoms with van der Waals surface area (Å²) in [5.74, 6) is 1.91. The van der Waals surface area contributed by atoms with Crippen LogP contribution < -0.4 is 10.1 Å². The Hall–Kier alpha value is -1.18. The molecule has 0 aromatic heterocycles. The number of anilines is 1. The van der Waals surface area contributed by atoms with E-state index in [1.54, 1.807) is 0 Å². The van der Waals surface area contributed by atoms with Gasteiger partial charge in [-0.1, -0.05) is 13.3 Å². The summed E-state index contributed by atoms with van der Waals surface area (Å²) in [4.78, 5) is 0. The normalized spacial score (nSPS) is 23.4. The first-order valence-corrected chi connectivity index (χ1v) is 7.70. The first-order chi connectivity index (χ1) is 9.17. The van der Waals surface area contributed by atoms with Crippen molar-refractivity contribution in [3.63, 3.8) is 0 Å². The van der Waals surface area contributed by atoms with E-state index in [0.717, 1.165) is 11.7 Å². The van der Waals surface area contributed by atoms with Gasteiger partial charge in [-0.05, 0) is 69.7 Å². The molecule has 0 atom stereocenters. The molecule has 1 N–H and O–H groups in total. The summed E-state index contributed by atoms with van der Waals surface area (Å²) in [6, 6.07) is 9.02. The zero-order valence-corrected chi connectivity index (χ0v) is 12.5. The van der Waals surface area contributed by atoms with Gasteiger partial charge in [0.05, 0.1) is 6.10 Å². The molecule has 0 heterocycles. The molecule has 2 heteroatoms. The molecule has 1 aromatic rings. The molecular formula is C17H27NO. The fourth-order valence-electron chi connectivity index (χ4n) is 2.85. The minimum atomic E-state index is 0.239. The Labute approximate surface area is 117 Å². The third kappa shape index (κ3) is 4.45. The van der Waals surface area contributed by atoms with E-state index in [1.165, 1.54) is 37.8 Å². The Bertz CT molecular complexity index is 363. The predicted octanol–water partition coefficient (Wildman–Crippen LogP) is 4.85. The summed E-state index contributed by atoms with van der Waals surface area (Å²) in [6.07, 6.45) is 6.95. The number of hydrogen-bond donors (Lipinski definition) is 1. The van der Waals surface area contributed by atoms with Crippen LogP contribution in [-0.2, 0) is 0 Å². The Kier molecular flexibility index (Phi) is 5.12. The van der Waals surface area contributed by atoms with Crippen LogP contribution in [0.2, 0.25) is 0 Å². The van der Waals surface area contributed by atoms with E-state index in [4.69, 9.17) is 4.74 Å². The summed E-state index contributed by atoms with van der Waals surface area (Å²) in [7, 11) is 0. The Morgan fingerprint density at radius 3 is 2.26 bits per heavy atom. The van der Waals surface area contributed by atoms with Gasteiger partial charge in [-0.15, -0.1) is 0 Å². The fourth-order valence-corrected chi connectivity index (χ4v) is 2.85. The summed E-state index contributed by atoms with van der Waals surface area (Å²) < 4.78 is 5.66. The van der Waals surface area contributed by atoms with Crippen molar-refractivity contribution in [2.24, 2.45) is 5.92 Å². The lowest BCUT2D eigenvalue weighted by Crippen LogP contribution is -2.25. The van der Waals surface area contributed by atoms with E-state index < -0.39 is 0 Å². The quantitative estimate of drug-likeness (QED) is 0.817. The average molecular weight is 261 g/mol. The highest BCUT2D eigenvalue weighted by Gasteiger charge is 2.19. The van der Waals surface area contributed by atoms with E-state index in [9.17, 15) is 0 Å². The SMILES string of the molecule is CCC1CCC(Nc2ccc(OC(C)C)cc2)CC1. The maximum absolute atomic E-state index is 5.66. The predicted molar refractivity (Wildman–Crippen MR) is 81.9 cm³/mol. The highest BCUT2D eigenvalue weighted by atomic mass is 16.5. The van der Waals surface area contributed by atoms with Gasteiger partial charge in [-0.2, -0.15) is 0 Å². The third-order valence-electron chi connectivity index (χ3n) is 4.02. The maximum atomic E-state index is 5.66. The van der Waals surface area contributed by atoms with Crippen molar-refractivity contribution in [1.29, 1.82) is 0 Å². The van der Waals surface area contributed by atoms with Crippen molar-refractivity contribution in [3.8, 4) is 5.75 Å². The minimum Gasteiger partial charge on any atom is -0.491 e. The summed E-state index contributed by atoms with van der Waals surface area (Å²) in [5, 5.41) is 3.65. The van der Waals surface area contributed by atoms with Crippen LogP contribution >= 0.6 is 0 Å². The summed E-state index contributed by atoms with van der Waals surface area (Å²) >= 11 is 0. The van der Waals surface area contributed by atoms with Gasteiger partial charge >= 0.3 is 0 Å². The average Bonchev–Trinajstić information content (AvgIpc) is 2.41. The molecule has 0 radical (unpaired) electrons. The van der Waals surface area contributed by atoms with Crippen LogP contribution in [0.25, 0.3) is 0 Å². The van der Waals surface area contributed by atoms with Gasteiger partial charge in [0.15, 0.2) is 0 Å². The minimum absolute atomic E-state index is 0.239. The maximum Gasteiger partial charge on any atom is 0.119 e. The Morgan fingerprint density at radius 1 is 1.11 bits per heavy atom. The Morgan fingerprint density at radius 2 is 1.74 bits per heavy atom. The molecule has 0 bridgehead atoms. The zero-order valence-electron chi connectivity index (χ0n) is 12.5. The Balaban J connectivity index is 1.83. The number of benzene rings is 1. The van der Waals surface area contributed by atoms with Crippen molar-refractivity contribution >= 4 is 5.69 Å². The van der Waals surface area contributed by atoms with Crippen LogP contribution in [0.15, 0.2) is 24.3 Å². The van der Waals surface area contributed by atoms with Gasteiger partial charge in [-0.3, -0.25) is 0 Å². The van der Waals surface area contributed by atoms with E-state index in [-0.39, 0.29) is 6.10 Å². The van der Waals surface area contributed by atoms with Crippen molar-refractivity contribution < 1.29 is 4.74 Å². The lowest BCUT2D eigenvalue weighted by molar-refractivity contribution is 0.242. The molecule has 106 valence electrons. The number of nitrogens with one attached hydrogen (secondary N) is 1. The van der Waals surface area contributed by atoms with Crippen LogP contribution in [0.5, 0.6) is 5.75 Å². The molecule has 2 nitrogen and oxygen atoms in total. The van der Waals surface area contributed by atoms with Crippen LogP contribution in [0, 0.1) is 5.92 Å². The molecule has 0 amide bonds. The van der Waals surface area contributed by atoms with Crippen LogP contribution in [0.4, 0.5) is 5.69 Å². The van der Waals surface area contributed by atoms with Gasteiger partial charge in [0, 0.05) is 11.7 Å². The summed E-state index contributed by atoms with van der Waals surface area (Å²) in [5.41, 5.74) is 1.22. The van der Waals surface area contributed by atoms with Crippen molar-refractivity contribution in [3.05, 3.63) is 24.3 Å². The molecule has 2 rings (SSSR count). The molecule has 19 heavy (non-hydrogen) atoms. The molecule has 0 saturated heterocycles. The first-order valence-electron chi connectivity index (χ1n) is 7.70. The largest absolute Gasteiger partial charge is 0.491 e. The van der Waals surface area contributed by atoms with Crippen LogP contribution in [0.3, 0.4) is 0 Å². The second-order valence-electron chi connectivity index (χ2n) is 5.96. The molecule has 0 spiro atoms. The van der Waals surface area contributed by atoms with Gasteiger partial charge in [0.25, 0.3) is 0 Å². The van der Waals surface area contributed by atoms with E-state index in [2.05, 4.69) is 50.4 Å². The molecule has 1 saturated carbocycles. The van der Waals surface area contributed by atoms with Crippen molar-refractivity contribution in [1.82, 2.24) is 0 Å². The highest BCUT2D eigenvalue weighted by molar-refractivity contribution is 5.47. The van der Waals surface area contributed by atoms with Gasteiger partial charge < -0.3 is 10.1 Å². The smallest absolute Gasteiger partial charge is 0.119 e. The second-order valence-corrected chi connectivity index (χ2v) is 5.96. The van der Waals surface area contributed by atoms with E-state index >= 15 is 0 Å². The highest BCUT2D eigenvalue weighted by Crippen LogP contribution is 2.28. The number of rotatable bonds is 5. The number of hydrogen-bond acceptors (Lipinski definition) is 2. The molecule has 1 aliphatic rings. The molecule has 0 unspecified atom stereocenters. The van der Waals surface area contributed by atoms with Gasteiger partial charge in [-0.25, -0.2) is 0 Å². The van der Waals surface area contributed by atoms with Crippen LogP contribution in [-0.4, -0.2) is 12.1 Å². The standard InChI is InChI=1S/C17H27NO/c1-4-14-5-7-15(8-6-14)18-16-9-11-17(12-10-16)19-13(2)3/h9-15,18H,4-8H2,1-3H3. The van der Waals surface area contributed by atoms with Crippen molar-refractivity contribution in [2.75, 3.05) is 5.32 Å². The molecule has 1 aliphatic carbocycles. The first kappa shape index (κ1) is 14.2. The van der Waals surface area contributed by atoms with Crippen LogP contribution in [0.1, 0.15) is 52.9 Å². The lowest BCUT2D eigenvalue weighted by atomic mass is 9.84. The topological polar surface area (TPSA) is 21.3 Å². The van der Waals surface area contributed by atoms with Gasteiger partial charge in [0.2, 0.25) is 0 Å². The van der Waals surface area contributed by atoms with E-state index in [0.29, 0.717) is 6.04 Å². The molecule has 1 aromatic carbocycles. The molecule has 0 aliphatic heterocycles. The molecular weight excluding hydrogens is 234 g/mol. The second kappa shape index (κ2) is 6.83. The van der Waals surface area contributed by atoms with Gasteiger partial charge in [0.1, 0.15) is 5.75 Å². The summed E-state index contributed by atoms with van der Waals surface area (Å²) in [6.45, 7) is 6.42. The van der Waals surface area contributed by atoms with Crippen molar-refractivity contribution in [2.45, 2.75) is 65.0 Å². The van der Waals surface area contributed by atoms with E-state index in [1.807, 2.05) is 0 Å². The monoisotopic (exact) mass is 261 g/mol. The zero-order chi connectivity index (χ0) is 13.7.